The Bertz CT molecular complexity index is 289. The molecule has 0 bridgehead atoms. The van der Waals surface area contributed by atoms with Gasteiger partial charge in [0.1, 0.15) is 18.4 Å². The van der Waals surface area contributed by atoms with Crippen LogP contribution >= 0.6 is 7.14 Å². The van der Waals surface area contributed by atoms with Crippen LogP contribution in [-0.4, -0.2) is 23.3 Å². The van der Waals surface area contributed by atoms with Crippen LogP contribution < -0.4 is 11.2 Å². The molecule has 0 fully saturated rings. The fraction of sp³-hybridized carbons (Fsp3) is 0.333. The molecule has 0 aliphatic heterocycles. The first-order valence-corrected chi connectivity index (χ1v) is 5.73. The lowest BCUT2D eigenvalue weighted by atomic mass is 10.7. The van der Waals surface area contributed by atoms with Crippen LogP contribution in [0.1, 0.15) is 0 Å². The van der Waals surface area contributed by atoms with E-state index in [-0.39, 0.29) is 0 Å². The van der Waals surface area contributed by atoms with Gasteiger partial charge in [-0.05, 0) is 13.3 Å². The van der Waals surface area contributed by atoms with Crippen LogP contribution in [0.4, 0.5) is 5.82 Å². The molecule has 0 unspecified atom stereocenters. The van der Waals surface area contributed by atoms with Crippen LogP contribution in [0.25, 0.3) is 0 Å². The molecular weight excluding hydrogens is 161 g/mol. The highest BCUT2D eigenvalue weighted by Gasteiger charge is 2.11. The van der Waals surface area contributed by atoms with Gasteiger partial charge in [-0.15, -0.1) is 0 Å². The number of anilines is 1. The van der Waals surface area contributed by atoms with Crippen LogP contribution in [0, 0.1) is 0 Å². The Balaban J connectivity index is 3.09. The molecule has 11 heavy (non-hydrogen) atoms. The normalized spacial score (nSPS) is 11.5. The van der Waals surface area contributed by atoms with E-state index in [1.807, 2.05) is 0 Å². The second-order valence-electron chi connectivity index (χ2n) is 2.65. The van der Waals surface area contributed by atoms with Gasteiger partial charge in [0.2, 0.25) is 0 Å². The highest BCUT2D eigenvalue weighted by Crippen LogP contribution is 2.32. The fourth-order valence-corrected chi connectivity index (χ4v) is 1.28. The van der Waals surface area contributed by atoms with Crippen molar-refractivity contribution < 1.29 is 4.57 Å². The van der Waals surface area contributed by atoms with E-state index in [4.69, 9.17) is 5.73 Å². The molecule has 0 aromatic carbocycles. The summed E-state index contributed by atoms with van der Waals surface area (Å²) in [4.78, 5) is 7.69. The van der Waals surface area contributed by atoms with Crippen LogP contribution in [0.2, 0.25) is 0 Å². The molecule has 0 aliphatic rings. The molecule has 0 saturated heterocycles. The summed E-state index contributed by atoms with van der Waals surface area (Å²) in [7, 11) is -2.27. The first-order chi connectivity index (χ1) is 5.00. The van der Waals surface area contributed by atoms with Gasteiger partial charge in [-0.2, -0.15) is 0 Å². The minimum absolute atomic E-state index is 0.349. The minimum atomic E-state index is -2.27. The second-order valence-corrected chi connectivity index (χ2v) is 5.81. The summed E-state index contributed by atoms with van der Waals surface area (Å²) in [5.74, 6) is 0.349. The van der Waals surface area contributed by atoms with Crippen LogP contribution in [0.3, 0.4) is 0 Å². The molecule has 0 atom stereocenters. The van der Waals surface area contributed by atoms with Crippen molar-refractivity contribution in [3.63, 3.8) is 0 Å². The molecule has 1 heterocycles. The van der Waals surface area contributed by atoms with Crippen LogP contribution in [-0.2, 0) is 4.57 Å². The largest absolute Gasteiger partial charge is 0.382 e. The zero-order valence-corrected chi connectivity index (χ0v) is 7.38. The molecule has 0 saturated carbocycles. The Morgan fingerprint density at radius 3 is 2.36 bits per heavy atom. The van der Waals surface area contributed by atoms with E-state index in [1.165, 1.54) is 12.4 Å². The van der Waals surface area contributed by atoms with Gasteiger partial charge in [0, 0.05) is 0 Å². The van der Waals surface area contributed by atoms with Crippen molar-refractivity contribution in [2.75, 3.05) is 19.1 Å². The molecule has 4 nitrogen and oxygen atoms in total. The van der Waals surface area contributed by atoms with Gasteiger partial charge < -0.3 is 10.3 Å². The number of nitrogens with zero attached hydrogens (tertiary/aromatic N) is 2. The Morgan fingerprint density at radius 2 is 2.00 bits per heavy atom. The van der Waals surface area contributed by atoms with Crippen LogP contribution in [0.5, 0.6) is 0 Å². The van der Waals surface area contributed by atoms with Crippen molar-refractivity contribution in [1.29, 1.82) is 0 Å². The summed E-state index contributed by atoms with van der Waals surface area (Å²) in [5, 5.41) is 0. The Kier molecular flexibility index (Phi) is 1.96. The predicted molar refractivity (Wildman–Crippen MR) is 45.5 cm³/mol. The molecule has 1 aromatic rings. The molecule has 0 radical (unpaired) electrons. The maximum atomic E-state index is 11.4. The number of rotatable bonds is 1. The summed E-state index contributed by atoms with van der Waals surface area (Å²) in [6.45, 7) is 3.29. The van der Waals surface area contributed by atoms with Gasteiger partial charge in [-0.3, -0.25) is 0 Å². The molecular formula is C6H10N3OP. The molecule has 2 N–H and O–H groups in total. The number of aromatic nitrogens is 2. The summed E-state index contributed by atoms with van der Waals surface area (Å²) >= 11 is 0. The number of hydrogen-bond donors (Lipinski definition) is 1. The van der Waals surface area contributed by atoms with E-state index in [0.29, 0.717) is 11.3 Å². The lowest BCUT2D eigenvalue weighted by Gasteiger charge is -2.03. The minimum Gasteiger partial charge on any atom is -0.382 e. The average molecular weight is 171 g/mol. The topological polar surface area (TPSA) is 68.9 Å². The number of nitrogen functional groups attached to an aromatic ring is 1. The highest BCUT2D eigenvalue weighted by atomic mass is 31.2. The fourth-order valence-electron chi connectivity index (χ4n) is 0.609. The summed E-state index contributed by atoms with van der Waals surface area (Å²) in [5.41, 5.74) is 5.83. The smallest absolute Gasteiger partial charge is 0.141 e. The van der Waals surface area contributed by atoms with Gasteiger partial charge in [0.25, 0.3) is 0 Å². The van der Waals surface area contributed by atoms with Gasteiger partial charge in [-0.1, -0.05) is 0 Å². The lowest BCUT2D eigenvalue weighted by Crippen LogP contribution is -2.09. The monoisotopic (exact) mass is 171 g/mol. The zero-order chi connectivity index (χ0) is 8.48. The van der Waals surface area contributed by atoms with E-state index >= 15 is 0 Å². The van der Waals surface area contributed by atoms with Gasteiger partial charge in [-0.25, -0.2) is 9.97 Å². The molecule has 0 aliphatic carbocycles. The van der Waals surface area contributed by atoms with Crippen molar-refractivity contribution in [3.8, 4) is 0 Å². The molecule has 0 spiro atoms. The quantitative estimate of drug-likeness (QED) is 0.617. The van der Waals surface area contributed by atoms with Crippen molar-refractivity contribution in [2.45, 2.75) is 0 Å². The molecule has 1 aromatic heterocycles. The molecule has 0 amide bonds. The van der Waals surface area contributed by atoms with Crippen molar-refractivity contribution in [1.82, 2.24) is 9.97 Å². The Morgan fingerprint density at radius 1 is 1.36 bits per heavy atom. The predicted octanol–water partition coefficient (Wildman–Crippen LogP) is 0.307. The summed E-state index contributed by atoms with van der Waals surface area (Å²) in [6, 6.07) is 0. The third kappa shape index (κ3) is 2.02. The Labute approximate surface area is 65.2 Å². The van der Waals surface area contributed by atoms with Gasteiger partial charge in [0.15, 0.2) is 0 Å². The zero-order valence-electron chi connectivity index (χ0n) is 6.48. The third-order valence-electron chi connectivity index (χ3n) is 1.21. The molecule has 1 rings (SSSR count). The molecule has 60 valence electrons. The second kappa shape index (κ2) is 2.62. The van der Waals surface area contributed by atoms with E-state index in [2.05, 4.69) is 9.97 Å². The first-order valence-electron chi connectivity index (χ1n) is 3.13. The number of nitrogens with two attached hydrogens (primary N) is 1. The van der Waals surface area contributed by atoms with E-state index in [0.717, 1.165) is 0 Å². The average Bonchev–Trinajstić information content (AvgIpc) is 1.86. The summed E-state index contributed by atoms with van der Waals surface area (Å²) < 4.78 is 11.4. The van der Waals surface area contributed by atoms with E-state index in [9.17, 15) is 4.57 Å². The van der Waals surface area contributed by atoms with E-state index < -0.39 is 7.14 Å². The highest BCUT2D eigenvalue weighted by molar-refractivity contribution is 7.69. The lowest BCUT2D eigenvalue weighted by molar-refractivity contribution is 0.587. The van der Waals surface area contributed by atoms with Crippen molar-refractivity contribution in [2.24, 2.45) is 0 Å². The Hall–Kier alpha value is -0.890. The van der Waals surface area contributed by atoms with Crippen molar-refractivity contribution in [3.05, 3.63) is 12.4 Å². The standard InChI is InChI=1S/C6H10N3OP/c1-11(2,10)6-4-8-5(7)3-9-6/h3-4H,1-2H3,(H2,7,8). The maximum Gasteiger partial charge on any atom is 0.141 e. The maximum absolute atomic E-state index is 11.4. The first kappa shape index (κ1) is 8.21. The number of hydrogen-bond acceptors (Lipinski definition) is 4. The molecule has 5 heteroatoms. The summed E-state index contributed by atoms with van der Waals surface area (Å²) in [6.07, 6.45) is 2.87. The SMILES string of the molecule is CP(C)(=O)c1cnc(N)cn1. The third-order valence-corrected chi connectivity index (χ3v) is 2.54. The van der Waals surface area contributed by atoms with Crippen molar-refractivity contribution >= 4 is 18.4 Å². The van der Waals surface area contributed by atoms with Crippen LogP contribution in [0.15, 0.2) is 12.4 Å². The van der Waals surface area contributed by atoms with E-state index in [1.54, 1.807) is 13.3 Å². The van der Waals surface area contributed by atoms with Gasteiger partial charge >= 0.3 is 0 Å². The van der Waals surface area contributed by atoms with Gasteiger partial charge in [0.05, 0.1) is 12.4 Å².